The molecular weight excluding hydrogens is 589 g/mol. The van der Waals surface area contributed by atoms with Crippen LogP contribution in [0.3, 0.4) is 0 Å². The number of sulfonamides is 1. The molecule has 4 rings (SSSR count). The van der Waals surface area contributed by atoms with Crippen LogP contribution in [0.5, 0.6) is 0 Å². The minimum atomic E-state index is -3.96. The summed E-state index contributed by atoms with van der Waals surface area (Å²) in [6, 6.07) is 13.8. The summed E-state index contributed by atoms with van der Waals surface area (Å²) in [6.45, 7) is 9.82. The number of urea groups is 1. The number of rotatable bonds is 9. The van der Waals surface area contributed by atoms with E-state index < -0.39 is 27.7 Å². The van der Waals surface area contributed by atoms with Gasteiger partial charge in [0.05, 0.1) is 21.9 Å². The summed E-state index contributed by atoms with van der Waals surface area (Å²) in [7, 11) is -3.96. The molecule has 2 heterocycles. The van der Waals surface area contributed by atoms with Crippen LogP contribution in [0.2, 0.25) is 0 Å². The average Bonchev–Trinajstić information content (AvgIpc) is 3.41. The first-order valence-corrected chi connectivity index (χ1v) is 16.5. The molecule has 13 heteroatoms. The summed E-state index contributed by atoms with van der Waals surface area (Å²) in [4.78, 5) is 29.9. The van der Waals surface area contributed by atoms with Crippen molar-refractivity contribution in [1.29, 1.82) is 0 Å². The zero-order valence-electron chi connectivity index (χ0n) is 25.1. The van der Waals surface area contributed by atoms with E-state index in [2.05, 4.69) is 31.0 Å². The van der Waals surface area contributed by atoms with Gasteiger partial charge in [0.2, 0.25) is 10.0 Å². The average molecular weight is 629 g/mol. The first kappa shape index (κ1) is 32.4. The van der Waals surface area contributed by atoms with Gasteiger partial charge in [0, 0.05) is 42.1 Å². The Hall–Kier alpha value is -3.52. The second-order valence-electron chi connectivity index (χ2n) is 11.8. The SMILES string of the molecule is CC(C)OC(=O)NC1CC[C@@H](c2ncc(-c3ccc(NC(=O)NCc4ccccc4)cc3S(=O)(=O)NC(C)(C)C)s2)NC1. The van der Waals surface area contributed by atoms with Crippen molar-refractivity contribution in [2.24, 2.45) is 0 Å². The first-order valence-electron chi connectivity index (χ1n) is 14.2. The van der Waals surface area contributed by atoms with Gasteiger partial charge in [-0.1, -0.05) is 36.4 Å². The number of hydrogen-bond donors (Lipinski definition) is 5. The standard InChI is InChI=1S/C30H40N6O5S2/c1-19(2)41-29(38)35-22-12-14-24(31-17-22)27-32-18-25(42-27)23-13-11-21(15-26(23)43(39,40)36-30(3,4)5)34-28(37)33-16-20-9-7-6-8-10-20/h6-11,13,15,18-19,22,24,31,36H,12,14,16-17H2,1-5H3,(H,35,38)(H2,33,34,37)/t22?,24-/m0/s1. The number of nitrogens with one attached hydrogen (secondary N) is 5. The van der Waals surface area contributed by atoms with Gasteiger partial charge in [0.1, 0.15) is 5.01 Å². The number of ether oxygens (including phenoxy) is 1. The lowest BCUT2D eigenvalue weighted by atomic mass is 10.0. The lowest BCUT2D eigenvalue weighted by Gasteiger charge is -2.29. The minimum absolute atomic E-state index is 0.0278. The maximum absolute atomic E-state index is 13.6. The summed E-state index contributed by atoms with van der Waals surface area (Å²) in [5.74, 6) is 0. The Morgan fingerprint density at radius 1 is 1.12 bits per heavy atom. The van der Waals surface area contributed by atoms with Crippen molar-refractivity contribution in [3.63, 3.8) is 0 Å². The largest absolute Gasteiger partial charge is 0.447 e. The fraction of sp³-hybridized carbons (Fsp3) is 0.433. The molecular formula is C30H40N6O5S2. The summed E-state index contributed by atoms with van der Waals surface area (Å²) >= 11 is 1.41. The molecule has 0 spiro atoms. The molecule has 2 aromatic carbocycles. The molecule has 232 valence electrons. The Bertz CT molecular complexity index is 1510. The van der Waals surface area contributed by atoms with Crippen LogP contribution in [0.25, 0.3) is 10.4 Å². The van der Waals surface area contributed by atoms with E-state index in [9.17, 15) is 18.0 Å². The normalized spacial score (nSPS) is 17.3. The monoisotopic (exact) mass is 628 g/mol. The predicted octanol–water partition coefficient (Wildman–Crippen LogP) is 5.14. The van der Waals surface area contributed by atoms with E-state index in [0.29, 0.717) is 29.2 Å². The number of carbonyl (C=O) groups excluding carboxylic acids is 2. The molecule has 1 aliphatic heterocycles. The van der Waals surface area contributed by atoms with Crippen LogP contribution >= 0.6 is 11.3 Å². The molecule has 0 bridgehead atoms. The van der Waals surface area contributed by atoms with Crippen molar-refractivity contribution in [3.05, 3.63) is 65.3 Å². The predicted molar refractivity (Wildman–Crippen MR) is 168 cm³/mol. The number of aromatic nitrogens is 1. The van der Waals surface area contributed by atoms with Crippen molar-refractivity contribution in [2.75, 3.05) is 11.9 Å². The van der Waals surface area contributed by atoms with E-state index in [1.54, 1.807) is 52.9 Å². The van der Waals surface area contributed by atoms with Gasteiger partial charge in [-0.2, -0.15) is 0 Å². The van der Waals surface area contributed by atoms with Gasteiger partial charge >= 0.3 is 12.1 Å². The second-order valence-corrected chi connectivity index (χ2v) is 14.5. The number of thiazole rings is 1. The Labute approximate surface area is 257 Å². The van der Waals surface area contributed by atoms with Gasteiger partial charge in [-0.05, 0) is 65.2 Å². The molecule has 43 heavy (non-hydrogen) atoms. The molecule has 1 saturated heterocycles. The van der Waals surface area contributed by atoms with E-state index in [-0.39, 0.29) is 23.1 Å². The highest BCUT2D eigenvalue weighted by atomic mass is 32.2. The highest BCUT2D eigenvalue weighted by Gasteiger charge is 2.29. The number of alkyl carbamates (subject to hydrolysis) is 1. The van der Waals surface area contributed by atoms with Crippen LogP contribution in [0, 0.1) is 0 Å². The quantitative estimate of drug-likeness (QED) is 0.220. The highest BCUT2D eigenvalue weighted by Crippen LogP contribution is 2.37. The van der Waals surface area contributed by atoms with E-state index in [0.717, 1.165) is 23.4 Å². The summed E-state index contributed by atoms with van der Waals surface area (Å²) in [5, 5.41) is 12.7. The van der Waals surface area contributed by atoms with Crippen molar-refractivity contribution in [3.8, 4) is 10.4 Å². The molecule has 5 N–H and O–H groups in total. The van der Waals surface area contributed by atoms with E-state index >= 15 is 0 Å². The van der Waals surface area contributed by atoms with E-state index in [1.807, 2.05) is 30.3 Å². The molecule has 1 aliphatic rings. The first-order chi connectivity index (χ1) is 20.3. The van der Waals surface area contributed by atoms with Crippen molar-refractivity contribution in [1.82, 2.24) is 25.7 Å². The molecule has 2 atom stereocenters. The third-order valence-corrected chi connectivity index (χ3v) is 9.37. The lowest BCUT2D eigenvalue weighted by Crippen LogP contribution is -2.47. The molecule has 0 radical (unpaired) electrons. The number of carbonyl (C=O) groups is 2. The maximum Gasteiger partial charge on any atom is 0.407 e. The zero-order valence-corrected chi connectivity index (χ0v) is 26.7. The van der Waals surface area contributed by atoms with Gasteiger partial charge in [-0.25, -0.2) is 27.7 Å². The topological polar surface area (TPSA) is 151 Å². The van der Waals surface area contributed by atoms with E-state index in [4.69, 9.17) is 4.74 Å². The molecule has 3 amide bonds. The Kier molecular flexibility index (Phi) is 10.4. The summed E-state index contributed by atoms with van der Waals surface area (Å²) < 4.78 is 35.1. The zero-order chi connectivity index (χ0) is 31.2. The number of hydrogen-bond acceptors (Lipinski definition) is 8. The van der Waals surface area contributed by atoms with Crippen LogP contribution in [0.4, 0.5) is 15.3 Å². The van der Waals surface area contributed by atoms with Crippen molar-refractivity contribution < 1.29 is 22.7 Å². The number of piperidine rings is 1. The molecule has 11 nitrogen and oxygen atoms in total. The molecule has 0 aliphatic carbocycles. The van der Waals surface area contributed by atoms with Crippen LogP contribution in [-0.4, -0.2) is 49.8 Å². The third kappa shape index (κ3) is 9.48. The van der Waals surface area contributed by atoms with Gasteiger partial charge in [0.15, 0.2) is 0 Å². The number of amides is 3. The van der Waals surface area contributed by atoms with Crippen LogP contribution < -0.4 is 26.0 Å². The second kappa shape index (κ2) is 13.8. The molecule has 3 aromatic rings. The van der Waals surface area contributed by atoms with Gasteiger partial charge in [0.25, 0.3) is 0 Å². The Morgan fingerprint density at radius 2 is 1.86 bits per heavy atom. The molecule has 0 saturated carbocycles. The fourth-order valence-corrected chi connectivity index (χ4v) is 7.41. The number of nitrogens with zero attached hydrogens (tertiary/aromatic N) is 1. The van der Waals surface area contributed by atoms with Crippen LogP contribution in [0.1, 0.15) is 64.1 Å². The lowest BCUT2D eigenvalue weighted by molar-refractivity contribution is 0.110. The highest BCUT2D eigenvalue weighted by molar-refractivity contribution is 7.89. The smallest absolute Gasteiger partial charge is 0.407 e. The summed E-state index contributed by atoms with van der Waals surface area (Å²) in [6.07, 6.45) is 2.56. The van der Waals surface area contributed by atoms with Gasteiger partial charge < -0.3 is 26.0 Å². The maximum atomic E-state index is 13.6. The van der Waals surface area contributed by atoms with E-state index in [1.165, 1.54) is 17.4 Å². The number of benzene rings is 2. The Balaban J connectivity index is 1.50. The number of anilines is 1. The van der Waals surface area contributed by atoms with Crippen molar-refractivity contribution in [2.45, 2.75) is 82.6 Å². The summed E-state index contributed by atoms with van der Waals surface area (Å²) in [5.41, 5.74) is 1.06. The Morgan fingerprint density at radius 3 is 2.51 bits per heavy atom. The van der Waals surface area contributed by atoms with Crippen LogP contribution in [-0.2, 0) is 21.3 Å². The molecule has 1 unspecified atom stereocenters. The van der Waals surface area contributed by atoms with Crippen molar-refractivity contribution >= 4 is 39.2 Å². The van der Waals surface area contributed by atoms with Gasteiger partial charge in [-0.15, -0.1) is 11.3 Å². The van der Waals surface area contributed by atoms with Gasteiger partial charge in [-0.3, -0.25) is 0 Å². The van der Waals surface area contributed by atoms with Crippen LogP contribution in [0.15, 0.2) is 59.6 Å². The third-order valence-electron chi connectivity index (χ3n) is 6.43. The molecule has 1 fully saturated rings. The minimum Gasteiger partial charge on any atom is -0.447 e. The fourth-order valence-electron chi connectivity index (χ4n) is 4.62. The molecule has 1 aromatic heterocycles.